The summed E-state index contributed by atoms with van der Waals surface area (Å²) >= 11 is 1.34. The quantitative estimate of drug-likeness (QED) is 0.817. The van der Waals surface area contributed by atoms with Crippen molar-refractivity contribution in [3.63, 3.8) is 0 Å². The summed E-state index contributed by atoms with van der Waals surface area (Å²) in [4.78, 5) is 11.9. The largest absolute Gasteiger partial charge is 0.374 e. The zero-order valence-corrected chi connectivity index (χ0v) is 8.87. The Balaban J connectivity index is 1.66. The van der Waals surface area contributed by atoms with Crippen LogP contribution in [-0.4, -0.2) is 28.3 Å². The molecule has 5 nitrogen and oxygen atoms in total. The van der Waals surface area contributed by atoms with E-state index in [1.807, 2.05) is 0 Å². The van der Waals surface area contributed by atoms with Crippen molar-refractivity contribution in [1.29, 1.82) is 0 Å². The molecule has 0 unspecified atom stereocenters. The van der Waals surface area contributed by atoms with Gasteiger partial charge in [-0.3, -0.25) is 4.79 Å². The summed E-state index contributed by atoms with van der Waals surface area (Å²) < 4.78 is 5.63. The van der Waals surface area contributed by atoms with E-state index in [1.54, 1.807) is 5.51 Å². The van der Waals surface area contributed by atoms with E-state index in [4.69, 9.17) is 4.74 Å². The van der Waals surface area contributed by atoms with Gasteiger partial charge in [0, 0.05) is 0 Å². The molecule has 15 heavy (non-hydrogen) atoms. The monoisotopic (exact) mass is 225 g/mol. The van der Waals surface area contributed by atoms with Crippen LogP contribution in [0, 0.1) is 5.92 Å². The molecule has 1 aromatic heterocycles. The second-order valence-corrected chi connectivity index (χ2v) is 4.78. The number of nitrogens with zero attached hydrogens (tertiary/aromatic N) is 2. The average Bonchev–Trinajstić information content (AvgIpc) is 2.93. The lowest BCUT2D eigenvalue weighted by atomic mass is 9.89. The van der Waals surface area contributed by atoms with Crippen molar-refractivity contribution in [2.24, 2.45) is 5.92 Å². The Morgan fingerprint density at radius 2 is 2.53 bits per heavy atom. The van der Waals surface area contributed by atoms with Crippen molar-refractivity contribution in [3.8, 4) is 0 Å². The van der Waals surface area contributed by atoms with Gasteiger partial charge < -0.3 is 10.1 Å². The second kappa shape index (κ2) is 3.53. The molecule has 0 aromatic carbocycles. The third kappa shape index (κ3) is 1.63. The summed E-state index contributed by atoms with van der Waals surface area (Å²) in [6.07, 6.45) is 3.41. The molecular weight excluding hydrogens is 214 g/mol. The summed E-state index contributed by atoms with van der Waals surface area (Å²) in [5.74, 6) is 0.0339. The number of rotatable bonds is 2. The Morgan fingerprint density at radius 1 is 1.60 bits per heavy atom. The summed E-state index contributed by atoms with van der Waals surface area (Å²) in [5.41, 5.74) is 1.60. The molecule has 3 atom stereocenters. The molecule has 3 heterocycles. The molecule has 2 bridgehead atoms. The first-order valence-corrected chi connectivity index (χ1v) is 5.93. The first kappa shape index (κ1) is 9.23. The van der Waals surface area contributed by atoms with Crippen LogP contribution in [0.4, 0.5) is 5.13 Å². The molecule has 2 saturated heterocycles. The SMILES string of the molecule is O=C(Nc1nncs1)[C@@H]1C[C@H]2CC[C@@H]1O2. The standard InChI is InChI=1S/C9H11N3O2S/c13-8(11-9-12-10-4-15-9)6-3-5-1-2-7(6)14-5/h4-7H,1-3H2,(H,11,12,13)/t5-,6-,7+/m1/s1. The van der Waals surface area contributed by atoms with Crippen molar-refractivity contribution in [2.75, 3.05) is 5.32 Å². The highest BCUT2D eigenvalue weighted by Crippen LogP contribution is 2.39. The van der Waals surface area contributed by atoms with Gasteiger partial charge in [-0.2, -0.15) is 0 Å². The van der Waals surface area contributed by atoms with Gasteiger partial charge in [-0.25, -0.2) is 0 Å². The summed E-state index contributed by atoms with van der Waals surface area (Å²) in [6.45, 7) is 0. The lowest BCUT2D eigenvalue weighted by Gasteiger charge is -2.16. The smallest absolute Gasteiger partial charge is 0.232 e. The number of aromatic nitrogens is 2. The molecule has 6 heteroatoms. The van der Waals surface area contributed by atoms with Gasteiger partial charge in [0.1, 0.15) is 5.51 Å². The van der Waals surface area contributed by atoms with Gasteiger partial charge in [-0.1, -0.05) is 11.3 Å². The zero-order chi connectivity index (χ0) is 10.3. The van der Waals surface area contributed by atoms with E-state index < -0.39 is 0 Å². The van der Waals surface area contributed by atoms with Crippen LogP contribution in [0.15, 0.2) is 5.51 Å². The molecule has 80 valence electrons. The molecule has 0 aliphatic carbocycles. The highest BCUT2D eigenvalue weighted by atomic mass is 32.1. The van der Waals surface area contributed by atoms with Gasteiger partial charge in [-0.05, 0) is 19.3 Å². The van der Waals surface area contributed by atoms with Crippen molar-refractivity contribution < 1.29 is 9.53 Å². The molecular formula is C9H11N3O2S. The molecule has 2 fully saturated rings. The van der Waals surface area contributed by atoms with Crippen LogP contribution in [0.2, 0.25) is 0 Å². The zero-order valence-electron chi connectivity index (χ0n) is 8.05. The van der Waals surface area contributed by atoms with Gasteiger partial charge >= 0.3 is 0 Å². The predicted molar refractivity (Wildman–Crippen MR) is 54.5 cm³/mol. The van der Waals surface area contributed by atoms with Crippen molar-refractivity contribution >= 4 is 22.4 Å². The molecule has 0 spiro atoms. The number of amides is 1. The number of carbonyl (C=O) groups is 1. The Labute approximate surface area is 90.8 Å². The number of nitrogens with one attached hydrogen (secondary N) is 1. The maximum atomic E-state index is 11.9. The second-order valence-electron chi connectivity index (χ2n) is 3.95. The molecule has 2 aliphatic heterocycles. The Morgan fingerprint density at radius 3 is 3.13 bits per heavy atom. The van der Waals surface area contributed by atoms with E-state index in [1.165, 1.54) is 11.3 Å². The summed E-state index contributed by atoms with van der Waals surface area (Å²) in [5, 5.41) is 10.8. The minimum atomic E-state index is 0.00708. The average molecular weight is 225 g/mol. The molecule has 0 radical (unpaired) electrons. The summed E-state index contributed by atoms with van der Waals surface area (Å²) in [6, 6.07) is 0. The Kier molecular flexibility index (Phi) is 2.17. The minimum absolute atomic E-state index is 0.00708. The number of anilines is 1. The molecule has 3 rings (SSSR count). The normalized spacial score (nSPS) is 33.2. The predicted octanol–water partition coefficient (Wildman–Crippen LogP) is 1.04. The maximum absolute atomic E-state index is 11.9. The first-order chi connectivity index (χ1) is 7.33. The van der Waals surface area contributed by atoms with Crippen LogP contribution >= 0.6 is 11.3 Å². The Hall–Kier alpha value is -1.01. The Bertz CT molecular complexity index is 367. The fraction of sp³-hybridized carbons (Fsp3) is 0.667. The molecule has 0 saturated carbocycles. The first-order valence-electron chi connectivity index (χ1n) is 5.05. The van der Waals surface area contributed by atoms with Crippen LogP contribution in [0.1, 0.15) is 19.3 Å². The van der Waals surface area contributed by atoms with E-state index in [0.717, 1.165) is 19.3 Å². The molecule has 1 amide bonds. The van der Waals surface area contributed by atoms with E-state index in [9.17, 15) is 4.79 Å². The van der Waals surface area contributed by atoms with Gasteiger partial charge in [0.25, 0.3) is 0 Å². The number of hydrogen-bond acceptors (Lipinski definition) is 5. The topological polar surface area (TPSA) is 64.1 Å². The van der Waals surface area contributed by atoms with E-state index in [2.05, 4.69) is 15.5 Å². The maximum Gasteiger partial charge on any atom is 0.232 e. The van der Waals surface area contributed by atoms with Gasteiger partial charge in [0.2, 0.25) is 11.0 Å². The van der Waals surface area contributed by atoms with Gasteiger partial charge in [0.15, 0.2) is 0 Å². The van der Waals surface area contributed by atoms with E-state index >= 15 is 0 Å². The molecule has 1 aromatic rings. The van der Waals surface area contributed by atoms with Crippen molar-refractivity contribution in [2.45, 2.75) is 31.5 Å². The van der Waals surface area contributed by atoms with Crippen LogP contribution in [0.5, 0.6) is 0 Å². The van der Waals surface area contributed by atoms with Gasteiger partial charge in [0.05, 0.1) is 18.1 Å². The van der Waals surface area contributed by atoms with Crippen LogP contribution in [0.25, 0.3) is 0 Å². The van der Waals surface area contributed by atoms with Crippen LogP contribution in [0.3, 0.4) is 0 Å². The third-order valence-corrected chi connectivity index (χ3v) is 3.64. The number of ether oxygens (including phenoxy) is 1. The lowest BCUT2D eigenvalue weighted by molar-refractivity contribution is -0.121. The van der Waals surface area contributed by atoms with Crippen molar-refractivity contribution in [1.82, 2.24) is 10.2 Å². The number of carbonyl (C=O) groups excluding carboxylic acids is 1. The van der Waals surface area contributed by atoms with Crippen LogP contribution < -0.4 is 5.32 Å². The molecule has 2 aliphatic rings. The summed E-state index contributed by atoms with van der Waals surface area (Å²) in [7, 11) is 0. The fourth-order valence-corrected chi connectivity index (χ4v) is 2.79. The number of fused-ring (bicyclic) bond motifs is 2. The van der Waals surface area contributed by atoms with Crippen LogP contribution in [-0.2, 0) is 9.53 Å². The number of hydrogen-bond donors (Lipinski definition) is 1. The highest BCUT2D eigenvalue weighted by Gasteiger charge is 2.44. The van der Waals surface area contributed by atoms with E-state index in [0.29, 0.717) is 11.2 Å². The van der Waals surface area contributed by atoms with E-state index in [-0.39, 0.29) is 17.9 Å². The lowest BCUT2D eigenvalue weighted by Crippen LogP contribution is -2.30. The highest BCUT2D eigenvalue weighted by molar-refractivity contribution is 7.13. The molecule has 1 N–H and O–H groups in total. The van der Waals surface area contributed by atoms with Crippen molar-refractivity contribution in [3.05, 3.63) is 5.51 Å². The van der Waals surface area contributed by atoms with Gasteiger partial charge in [-0.15, -0.1) is 10.2 Å². The minimum Gasteiger partial charge on any atom is -0.374 e. The third-order valence-electron chi connectivity index (χ3n) is 3.03. The fourth-order valence-electron chi connectivity index (χ4n) is 2.34.